The summed E-state index contributed by atoms with van der Waals surface area (Å²) in [7, 11) is 1.62. The van der Waals surface area contributed by atoms with Gasteiger partial charge in [0.1, 0.15) is 18.1 Å². The topological polar surface area (TPSA) is 69.3 Å². The van der Waals surface area contributed by atoms with Gasteiger partial charge in [-0.05, 0) is 12.1 Å². The van der Waals surface area contributed by atoms with Crippen molar-refractivity contribution >= 4 is 11.0 Å². The number of hydrogen-bond donors (Lipinski definition) is 0. The Balaban J connectivity index is 1.99. The number of methoxy groups -OCH3 is 1. The first-order valence-corrected chi connectivity index (χ1v) is 7.12. The van der Waals surface area contributed by atoms with E-state index in [4.69, 9.17) is 14.2 Å². The van der Waals surface area contributed by atoms with Crippen molar-refractivity contribution in [3.05, 3.63) is 36.4 Å². The van der Waals surface area contributed by atoms with Crippen LogP contribution in [0, 0.1) is 11.3 Å². The van der Waals surface area contributed by atoms with E-state index in [1.54, 1.807) is 7.11 Å². The van der Waals surface area contributed by atoms with Gasteiger partial charge >= 0.3 is 0 Å². The molecule has 1 aliphatic rings. The molecule has 0 amide bonds. The van der Waals surface area contributed by atoms with E-state index in [0.717, 1.165) is 16.6 Å². The quantitative estimate of drug-likeness (QED) is 0.744. The second kappa shape index (κ2) is 5.21. The lowest BCUT2D eigenvalue weighted by Gasteiger charge is -2.09. The Morgan fingerprint density at radius 2 is 2.04 bits per heavy atom. The largest absolute Gasteiger partial charge is 0.496 e. The molecule has 0 aliphatic carbocycles. The van der Waals surface area contributed by atoms with Crippen molar-refractivity contribution in [2.45, 2.75) is 6.54 Å². The zero-order valence-electron chi connectivity index (χ0n) is 12.4. The minimum Gasteiger partial charge on any atom is -0.496 e. The highest BCUT2D eigenvalue weighted by atomic mass is 16.7. The molecule has 4 rings (SSSR count). The molecule has 2 aromatic carbocycles. The predicted molar refractivity (Wildman–Crippen MR) is 83.5 cm³/mol. The Morgan fingerprint density at radius 3 is 2.83 bits per heavy atom. The van der Waals surface area contributed by atoms with Gasteiger partial charge in [0.2, 0.25) is 6.79 Å². The maximum absolute atomic E-state index is 9.20. The summed E-state index contributed by atoms with van der Waals surface area (Å²) in [6.07, 6.45) is 0. The molecule has 0 saturated heterocycles. The van der Waals surface area contributed by atoms with Gasteiger partial charge in [-0.3, -0.25) is 0 Å². The molecule has 0 bridgehead atoms. The molecule has 0 spiro atoms. The molecule has 114 valence electrons. The number of ether oxygens (including phenoxy) is 3. The molecule has 0 unspecified atom stereocenters. The lowest BCUT2D eigenvalue weighted by atomic mass is 10.2. The highest BCUT2D eigenvalue weighted by molar-refractivity contribution is 5.85. The average Bonchev–Trinajstić information content (AvgIpc) is 3.17. The molecule has 2 heterocycles. The standard InChI is InChI=1S/C17H13N3O3/c1-21-14-5-3-2-4-11(14)17-19-12-8-15-16(23-10-22-15)9-13(12)20(17)7-6-18/h2-5,8-9H,7,10H2,1H3. The van der Waals surface area contributed by atoms with E-state index in [-0.39, 0.29) is 13.3 Å². The molecule has 3 aromatic rings. The van der Waals surface area contributed by atoms with E-state index in [1.165, 1.54) is 0 Å². The fraction of sp³-hybridized carbons (Fsp3) is 0.176. The molecule has 6 nitrogen and oxygen atoms in total. The Hall–Kier alpha value is -3.20. The van der Waals surface area contributed by atoms with Crippen molar-refractivity contribution in [3.63, 3.8) is 0 Å². The number of hydrogen-bond acceptors (Lipinski definition) is 5. The van der Waals surface area contributed by atoms with Crippen LogP contribution in [0.3, 0.4) is 0 Å². The summed E-state index contributed by atoms with van der Waals surface area (Å²) in [4.78, 5) is 4.68. The monoisotopic (exact) mass is 307 g/mol. The van der Waals surface area contributed by atoms with Crippen LogP contribution in [0.15, 0.2) is 36.4 Å². The Labute approximate surface area is 132 Å². The number of fused-ring (bicyclic) bond motifs is 2. The Kier molecular flexibility index (Phi) is 3.05. The maximum atomic E-state index is 9.20. The minimum absolute atomic E-state index is 0.184. The van der Waals surface area contributed by atoms with Gasteiger partial charge in [0.15, 0.2) is 11.5 Å². The fourth-order valence-corrected chi connectivity index (χ4v) is 2.78. The van der Waals surface area contributed by atoms with Crippen LogP contribution in [0.5, 0.6) is 17.2 Å². The second-order valence-electron chi connectivity index (χ2n) is 5.07. The van der Waals surface area contributed by atoms with E-state index in [9.17, 15) is 5.26 Å². The molecular formula is C17H13N3O3. The number of para-hydroxylation sites is 1. The number of benzene rings is 2. The van der Waals surface area contributed by atoms with Crippen LogP contribution in [0.25, 0.3) is 22.4 Å². The van der Waals surface area contributed by atoms with Crippen LogP contribution >= 0.6 is 0 Å². The summed E-state index contributed by atoms with van der Waals surface area (Å²) in [6, 6.07) is 13.5. The van der Waals surface area contributed by atoms with E-state index in [1.807, 2.05) is 41.0 Å². The zero-order chi connectivity index (χ0) is 15.8. The molecule has 0 N–H and O–H groups in total. The van der Waals surface area contributed by atoms with Crippen molar-refractivity contribution < 1.29 is 14.2 Å². The van der Waals surface area contributed by atoms with E-state index in [0.29, 0.717) is 23.1 Å². The molecule has 23 heavy (non-hydrogen) atoms. The first-order chi connectivity index (χ1) is 11.3. The van der Waals surface area contributed by atoms with Crippen molar-refractivity contribution in [1.82, 2.24) is 9.55 Å². The molecule has 0 atom stereocenters. The van der Waals surface area contributed by atoms with Gasteiger partial charge in [-0.1, -0.05) is 12.1 Å². The summed E-state index contributed by atoms with van der Waals surface area (Å²) < 4.78 is 18.1. The van der Waals surface area contributed by atoms with Crippen molar-refractivity contribution in [3.8, 4) is 34.7 Å². The summed E-state index contributed by atoms with van der Waals surface area (Å²) in [5, 5.41) is 9.20. The van der Waals surface area contributed by atoms with E-state index >= 15 is 0 Å². The first kappa shape index (κ1) is 13.5. The van der Waals surface area contributed by atoms with Crippen LogP contribution in [-0.4, -0.2) is 23.5 Å². The van der Waals surface area contributed by atoms with Crippen LogP contribution in [0.4, 0.5) is 0 Å². The molecule has 6 heteroatoms. The van der Waals surface area contributed by atoms with Crippen LogP contribution in [0.1, 0.15) is 0 Å². The zero-order valence-corrected chi connectivity index (χ0v) is 12.4. The SMILES string of the molecule is COc1ccccc1-c1nc2cc3c(cc2n1CC#N)OCO3. The summed E-state index contributed by atoms with van der Waals surface area (Å²) >= 11 is 0. The van der Waals surface area contributed by atoms with Crippen molar-refractivity contribution in [1.29, 1.82) is 5.26 Å². The lowest BCUT2D eigenvalue weighted by Crippen LogP contribution is -2.00. The van der Waals surface area contributed by atoms with Crippen molar-refractivity contribution in [2.24, 2.45) is 0 Å². The third kappa shape index (κ3) is 2.06. The lowest BCUT2D eigenvalue weighted by molar-refractivity contribution is 0.174. The predicted octanol–water partition coefficient (Wildman–Crippen LogP) is 2.96. The summed E-state index contributed by atoms with van der Waals surface area (Å²) in [5.41, 5.74) is 2.42. The van der Waals surface area contributed by atoms with Gasteiger partial charge in [-0.2, -0.15) is 5.26 Å². The van der Waals surface area contributed by atoms with Gasteiger partial charge in [0.25, 0.3) is 0 Å². The Bertz CT molecular complexity index is 940. The van der Waals surface area contributed by atoms with Gasteiger partial charge in [0.05, 0.1) is 29.8 Å². The third-order valence-corrected chi connectivity index (χ3v) is 3.82. The van der Waals surface area contributed by atoms with E-state index < -0.39 is 0 Å². The average molecular weight is 307 g/mol. The normalized spacial score (nSPS) is 12.3. The summed E-state index contributed by atoms with van der Waals surface area (Å²) in [5.74, 6) is 2.73. The maximum Gasteiger partial charge on any atom is 0.231 e. The minimum atomic E-state index is 0.184. The Morgan fingerprint density at radius 1 is 1.26 bits per heavy atom. The molecule has 0 saturated carbocycles. The molecule has 1 aromatic heterocycles. The molecule has 1 aliphatic heterocycles. The van der Waals surface area contributed by atoms with Crippen LogP contribution < -0.4 is 14.2 Å². The highest BCUT2D eigenvalue weighted by Crippen LogP contribution is 2.38. The number of rotatable bonds is 3. The molecule has 0 radical (unpaired) electrons. The fourth-order valence-electron chi connectivity index (χ4n) is 2.78. The second-order valence-corrected chi connectivity index (χ2v) is 5.07. The van der Waals surface area contributed by atoms with Gasteiger partial charge < -0.3 is 18.8 Å². The summed E-state index contributed by atoms with van der Waals surface area (Å²) in [6.45, 7) is 0.392. The van der Waals surface area contributed by atoms with Gasteiger partial charge in [0, 0.05) is 12.1 Å². The van der Waals surface area contributed by atoms with Crippen molar-refractivity contribution in [2.75, 3.05) is 13.9 Å². The number of nitrogens with zero attached hydrogens (tertiary/aromatic N) is 3. The number of imidazole rings is 1. The van der Waals surface area contributed by atoms with Crippen LogP contribution in [0.2, 0.25) is 0 Å². The van der Waals surface area contributed by atoms with Gasteiger partial charge in [-0.25, -0.2) is 4.98 Å². The first-order valence-electron chi connectivity index (χ1n) is 7.12. The van der Waals surface area contributed by atoms with Crippen LogP contribution in [-0.2, 0) is 6.54 Å². The number of aromatic nitrogens is 2. The smallest absolute Gasteiger partial charge is 0.231 e. The number of nitriles is 1. The van der Waals surface area contributed by atoms with E-state index in [2.05, 4.69) is 11.1 Å². The third-order valence-electron chi connectivity index (χ3n) is 3.82. The van der Waals surface area contributed by atoms with Gasteiger partial charge in [-0.15, -0.1) is 0 Å². The molecular weight excluding hydrogens is 294 g/mol. The molecule has 0 fully saturated rings. The highest BCUT2D eigenvalue weighted by Gasteiger charge is 2.21.